The number of rotatable bonds is 7. The lowest BCUT2D eigenvalue weighted by molar-refractivity contribution is 0.766. The molecule has 0 unspecified atom stereocenters. The van der Waals surface area contributed by atoms with Gasteiger partial charge in [0.05, 0.1) is 39.9 Å². The van der Waals surface area contributed by atoms with Gasteiger partial charge in [0.2, 0.25) is 0 Å². The zero-order valence-electron chi connectivity index (χ0n) is 31.7. The van der Waals surface area contributed by atoms with E-state index in [4.69, 9.17) is 20.2 Å². The third kappa shape index (κ3) is 6.18. The molecule has 0 aliphatic rings. The van der Waals surface area contributed by atoms with E-state index in [0.29, 0.717) is 0 Å². The Bertz CT molecular complexity index is 3250. The summed E-state index contributed by atoms with van der Waals surface area (Å²) in [6, 6.07) is 64.5. The first-order valence-electron chi connectivity index (χ1n) is 19.5. The minimum absolute atomic E-state index is 0.727. The van der Waals surface area contributed by atoms with Crippen LogP contribution in [0.4, 0.5) is 0 Å². The summed E-state index contributed by atoms with van der Waals surface area (Å²) < 4.78 is 0. The van der Waals surface area contributed by atoms with Gasteiger partial charge in [0.1, 0.15) is 11.0 Å². The molecule has 0 bridgehead atoms. The summed E-state index contributed by atoms with van der Waals surface area (Å²) in [6.07, 6.45) is 3.56. The van der Waals surface area contributed by atoms with E-state index in [2.05, 4.69) is 125 Å². The molecule has 5 aromatic heterocycles. The highest BCUT2D eigenvalue weighted by Gasteiger charge is 2.19. The molecule has 0 N–H and O–H groups in total. The molecule has 7 nitrogen and oxygen atoms in total. The lowest BCUT2D eigenvalue weighted by Gasteiger charge is -2.17. The van der Waals surface area contributed by atoms with E-state index in [1.165, 1.54) is 38.2 Å². The maximum atomic E-state index is 5.13. The van der Waals surface area contributed by atoms with Crippen molar-refractivity contribution in [3.8, 4) is 73.2 Å². The Morgan fingerprint density at radius 1 is 0.339 bits per heavy atom. The average Bonchev–Trinajstić information content (AvgIpc) is 3.76. The van der Waals surface area contributed by atoms with E-state index >= 15 is 0 Å². The Morgan fingerprint density at radius 2 is 0.831 bits per heavy atom. The maximum absolute atomic E-state index is 5.13. The van der Waals surface area contributed by atoms with E-state index in [-0.39, 0.29) is 0 Å². The van der Waals surface area contributed by atoms with Crippen LogP contribution in [-0.2, 0) is 0 Å². The molecule has 0 spiro atoms. The predicted molar refractivity (Wildman–Crippen MR) is 238 cm³/mol. The van der Waals surface area contributed by atoms with E-state index in [0.717, 1.165) is 67.6 Å². The fourth-order valence-corrected chi connectivity index (χ4v) is 8.09. The second kappa shape index (κ2) is 14.4. The summed E-state index contributed by atoms with van der Waals surface area (Å²) in [7, 11) is 0. The second-order valence-electron chi connectivity index (χ2n) is 14.4. The quantitative estimate of drug-likeness (QED) is 0.151. The fourth-order valence-electron chi connectivity index (χ4n) is 8.09. The van der Waals surface area contributed by atoms with Crippen LogP contribution in [-0.4, -0.2) is 34.9 Å². The molecule has 0 radical (unpaired) electrons. The van der Waals surface area contributed by atoms with Crippen LogP contribution < -0.4 is 0 Å². The van der Waals surface area contributed by atoms with Gasteiger partial charge in [-0.05, 0) is 117 Å². The SMILES string of the molecule is c1ccc(-c2c3ccccc3c(-c3ccc(-n4nc5cc(-c6cccc(-c7ccccn7)n6)cc(-c6cccc(-c7ccccn7)n6)c5n4)cc3)c3ccccc23)cc1. The topological polar surface area (TPSA) is 82.3 Å². The van der Waals surface area contributed by atoms with Crippen LogP contribution in [0.25, 0.3) is 106 Å². The van der Waals surface area contributed by atoms with Crippen molar-refractivity contribution in [3.63, 3.8) is 0 Å². The number of fused-ring (bicyclic) bond motifs is 3. The molecule has 0 aliphatic heterocycles. The highest BCUT2D eigenvalue weighted by molar-refractivity contribution is 6.21. The Hall–Kier alpha value is -8.16. The molecule has 0 aliphatic carbocycles. The molecule has 6 aromatic carbocycles. The highest BCUT2D eigenvalue weighted by Crippen LogP contribution is 2.43. The number of nitrogens with zero attached hydrogens (tertiary/aromatic N) is 7. The number of hydrogen-bond acceptors (Lipinski definition) is 6. The van der Waals surface area contributed by atoms with Crippen LogP contribution in [0.2, 0.25) is 0 Å². The van der Waals surface area contributed by atoms with E-state index in [1.807, 2.05) is 72.8 Å². The molecule has 0 saturated heterocycles. The average molecular weight is 756 g/mol. The van der Waals surface area contributed by atoms with Crippen molar-refractivity contribution in [2.24, 2.45) is 0 Å². The third-order valence-corrected chi connectivity index (χ3v) is 10.8. The Kier molecular flexibility index (Phi) is 8.33. The van der Waals surface area contributed by atoms with E-state index < -0.39 is 0 Å². The van der Waals surface area contributed by atoms with Gasteiger partial charge < -0.3 is 0 Å². The number of hydrogen-bond donors (Lipinski definition) is 0. The summed E-state index contributed by atoms with van der Waals surface area (Å²) in [4.78, 5) is 21.0. The number of benzene rings is 6. The molecule has 0 atom stereocenters. The fraction of sp³-hybridized carbons (Fsp3) is 0. The van der Waals surface area contributed by atoms with Crippen molar-refractivity contribution in [2.75, 3.05) is 0 Å². The largest absolute Gasteiger partial charge is 0.255 e. The Morgan fingerprint density at radius 3 is 1.41 bits per heavy atom. The molecule has 11 rings (SSSR count). The van der Waals surface area contributed by atoms with Gasteiger partial charge in [0.15, 0.2) is 0 Å². The molecule has 5 heterocycles. The molecule has 59 heavy (non-hydrogen) atoms. The summed E-state index contributed by atoms with van der Waals surface area (Å²) in [5.74, 6) is 0. The molecule has 0 amide bonds. The monoisotopic (exact) mass is 755 g/mol. The summed E-state index contributed by atoms with van der Waals surface area (Å²) in [6.45, 7) is 0. The first-order chi connectivity index (χ1) is 29.2. The van der Waals surface area contributed by atoms with E-state index in [9.17, 15) is 0 Å². The standard InChI is InChI=1S/C52H33N7/c1-2-14-34(15-3-1)50-38-16-4-6-18-40(38)51(41-19-7-5-17-39(41)50)35-26-28-37(29-27-35)59-57-49-33-36(43-22-12-24-47(55-43)45-20-8-10-30-53-45)32-42(52(49)58-59)44-23-13-25-48(56-44)46-21-9-11-31-54-46/h1-33H. The minimum atomic E-state index is 0.727. The molecule has 11 aromatic rings. The van der Waals surface area contributed by atoms with Crippen molar-refractivity contribution in [3.05, 3.63) is 200 Å². The summed E-state index contributed by atoms with van der Waals surface area (Å²) in [5, 5.41) is 15.1. The molecular weight excluding hydrogens is 723 g/mol. The zero-order chi connectivity index (χ0) is 39.1. The summed E-state index contributed by atoms with van der Waals surface area (Å²) in [5.41, 5.74) is 13.6. The highest BCUT2D eigenvalue weighted by atomic mass is 15.5. The van der Waals surface area contributed by atoms with Gasteiger partial charge in [-0.2, -0.15) is 4.80 Å². The molecule has 276 valence electrons. The predicted octanol–water partition coefficient (Wildman–Crippen LogP) is 12.3. The van der Waals surface area contributed by atoms with Gasteiger partial charge in [-0.15, -0.1) is 10.2 Å². The van der Waals surface area contributed by atoms with Crippen LogP contribution in [0.5, 0.6) is 0 Å². The van der Waals surface area contributed by atoms with Crippen LogP contribution in [0.1, 0.15) is 0 Å². The third-order valence-electron chi connectivity index (χ3n) is 10.8. The molecular formula is C52H33N7. The first kappa shape index (κ1) is 34.1. The van der Waals surface area contributed by atoms with Crippen molar-refractivity contribution < 1.29 is 0 Å². The lowest BCUT2D eigenvalue weighted by atomic mass is 9.86. The van der Waals surface area contributed by atoms with Gasteiger partial charge >= 0.3 is 0 Å². The number of pyridine rings is 4. The van der Waals surface area contributed by atoms with Crippen molar-refractivity contribution in [1.82, 2.24) is 34.9 Å². The van der Waals surface area contributed by atoms with Gasteiger partial charge in [-0.1, -0.05) is 115 Å². The Labute approximate surface area is 340 Å². The van der Waals surface area contributed by atoms with Crippen LogP contribution >= 0.6 is 0 Å². The van der Waals surface area contributed by atoms with Crippen molar-refractivity contribution in [1.29, 1.82) is 0 Å². The molecule has 0 fully saturated rings. The van der Waals surface area contributed by atoms with Crippen LogP contribution in [0, 0.1) is 0 Å². The van der Waals surface area contributed by atoms with Crippen molar-refractivity contribution >= 4 is 32.6 Å². The van der Waals surface area contributed by atoms with Gasteiger partial charge in [0, 0.05) is 23.5 Å². The molecule has 7 heteroatoms. The minimum Gasteiger partial charge on any atom is -0.255 e. The van der Waals surface area contributed by atoms with Crippen LogP contribution in [0.3, 0.4) is 0 Å². The zero-order valence-corrected chi connectivity index (χ0v) is 31.7. The lowest BCUT2D eigenvalue weighted by Crippen LogP contribution is -1.98. The van der Waals surface area contributed by atoms with Gasteiger partial charge in [-0.25, -0.2) is 9.97 Å². The summed E-state index contributed by atoms with van der Waals surface area (Å²) >= 11 is 0. The maximum Gasteiger partial charge on any atom is 0.123 e. The van der Waals surface area contributed by atoms with Gasteiger partial charge in [0.25, 0.3) is 0 Å². The van der Waals surface area contributed by atoms with Gasteiger partial charge in [-0.3, -0.25) is 9.97 Å². The van der Waals surface area contributed by atoms with Crippen LogP contribution in [0.15, 0.2) is 200 Å². The smallest absolute Gasteiger partial charge is 0.123 e. The van der Waals surface area contributed by atoms with Crippen molar-refractivity contribution in [2.45, 2.75) is 0 Å². The Balaban J connectivity index is 1.05. The first-order valence-corrected chi connectivity index (χ1v) is 19.5. The normalized spacial score (nSPS) is 11.4. The second-order valence-corrected chi connectivity index (χ2v) is 14.4. The molecule has 0 saturated carbocycles. The van der Waals surface area contributed by atoms with E-state index in [1.54, 1.807) is 17.2 Å². The number of aromatic nitrogens is 7.